The van der Waals surface area contributed by atoms with Crippen LogP contribution in [0.25, 0.3) is 5.69 Å². The van der Waals surface area contributed by atoms with Crippen molar-refractivity contribution in [2.24, 2.45) is 0 Å². The van der Waals surface area contributed by atoms with Gasteiger partial charge in [0.1, 0.15) is 24.2 Å². The summed E-state index contributed by atoms with van der Waals surface area (Å²) < 4.78 is 1.68. The van der Waals surface area contributed by atoms with Crippen LogP contribution in [-0.2, 0) is 6.54 Å². The zero-order chi connectivity index (χ0) is 12.3. The van der Waals surface area contributed by atoms with Crippen LogP contribution in [0.3, 0.4) is 0 Å². The number of nitrogens with zero attached hydrogens (tertiary/aromatic N) is 5. The minimum atomic E-state index is 0.315. The van der Waals surface area contributed by atoms with Gasteiger partial charge in [-0.3, -0.25) is 0 Å². The van der Waals surface area contributed by atoms with Crippen molar-refractivity contribution in [3.05, 3.63) is 30.4 Å². The minimum Gasteiger partial charge on any atom is -0.314 e. The maximum atomic E-state index is 4.56. The van der Waals surface area contributed by atoms with Crippen molar-refractivity contribution in [2.45, 2.75) is 26.3 Å². The molecular weight excluding hydrogens is 216 g/mol. The zero-order valence-electron chi connectivity index (χ0n) is 10.3. The maximum Gasteiger partial charge on any atom is 0.138 e. The van der Waals surface area contributed by atoms with Crippen molar-refractivity contribution in [3.63, 3.8) is 0 Å². The molecule has 1 N–H and O–H groups in total. The molecule has 0 radical (unpaired) electrons. The summed E-state index contributed by atoms with van der Waals surface area (Å²) in [6.07, 6.45) is 4.94. The summed E-state index contributed by atoms with van der Waals surface area (Å²) in [5.41, 5.74) is 1.79. The molecule has 6 nitrogen and oxygen atoms in total. The first kappa shape index (κ1) is 11.7. The van der Waals surface area contributed by atoms with Gasteiger partial charge in [0.05, 0.1) is 11.9 Å². The van der Waals surface area contributed by atoms with Crippen LogP contribution < -0.4 is 5.32 Å². The number of hydrogen-bond donors (Lipinski definition) is 1. The molecule has 0 amide bonds. The molecule has 90 valence electrons. The lowest BCUT2D eigenvalue weighted by Gasteiger charge is -2.10. The van der Waals surface area contributed by atoms with Gasteiger partial charge in [-0.2, -0.15) is 5.10 Å². The van der Waals surface area contributed by atoms with Gasteiger partial charge in [0.15, 0.2) is 0 Å². The van der Waals surface area contributed by atoms with E-state index in [9.17, 15) is 0 Å². The Morgan fingerprint density at radius 3 is 2.82 bits per heavy atom. The Labute approximate surface area is 100 Å². The highest BCUT2D eigenvalue weighted by molar-refractivity contribution is 5.33. The molecule has 0 aliphatic carbocycles. The predicted octanol–water partition coefficient (Wildman–Crippen LogP) is 0.900. The van der Waals surface area contributed by atoms with E-state index >= 15 is 0 Å². The molecule has 0 bridgehead atoms. The summed E-state index contributed by atoms with van der Waals surface area (Å²) in [7, 11) is 1.89. The van der Waals surface area contributed by atoms with Crippen molar-refractivity contribution < 1.29 is 0 Å². The van der Waals surface area contributed by atoms with Gasteiger partial charge < -0.3 is 5.32 Å². The summed E-state index contributed by atoms with van der Waals surface area (Å²) in [6.45, 7) is 4.83. The first-order valence-corrected chi connectivity index (χ1v) is 5.57. The highest BCUT2D eigenvalue weighted by Crippen LogP contribution is 2.14. The molecule has 0 spiro atoms. The Bertz CT molecular complexity index is 477. The number of nitrogens with one attached hydrogen (secondary N) is 1. The van der Waals surface area contributed by atoms with E-state index in [2.05, 4.69) is 39.2 Å². The molecule has 0 aliphatic rings. The average Bonchev–Trinajstić information content (AvgIpc) is 2.82. The normalized spacial score (nSPS) is 11.1. The molecule has 0 aliphatic heterocycles. The first-order valence-electron chi connectivity index (χ1n) is 5.57. The number of hydrogen-bond acceptors (Lipinski definition) is 5. The maximum absolute atomic E-state index is 4.56. The Morgan fingerprint density at radius 2 is 2.24 bits per heavy atom. The van der Waals surface area contributed by atoms with E-state index < -0.39 is 0 Å². The van der Waals surface area contributed by atoms with Crippen LogP contribution in [-0.4, -0.2) is 31.8 Å². The van der Waals surface area contributed by atoms with E-state index in [1.165, 1.54) is 6.33 Å². The Kier molecular flexibility index (Phi) is 3.43. The first-order chi connectivity index (χ1) is 8.22. The van der Waals surface area contributed by atoms with E-state index in [1.54, 1.807) is 17.2 Å². The Balaban J connectivity index is 2.45. The summed E-state index contributed by atoms with van der Waals surface area (Å²) in [6, 6.07) is 0. The van der Waals surface area contributed by atoms with Crippen LogP contribution in [0.15, 0.2) is 18.9 Å². The van der Waals surface area contributed by atoms with Gasteiger partial charge in [0, 0.05) is 12.5 Å². The van der Waals surface area contributed by atoms with Gasteiger partial charge in [-0.15, -0.1) is 0 Å². The third-order valence-electron chi connectivity index (χ3n) is 2.39. The van der Waals surface area contributed by atoms with Crippen molar-refractivity contribution in [1.29, 1.82) is 0 Å². The van der Waals surface area contributed by atoms with Gasteiger partial charge >= 0.3 is 0 Å². The quantitative estimate of drug-likeness (QED) is 0.848. The van der Waals surface area contributed by atoms with E-state index in [-0.39, 0.29) is 0 Å². The zero-order valence-corrected chi connectivity index (χ0v) is 10.3. The van der Waals surface area contributed by atoms with Gasteiger partial charge in [0.2, 0.25) is 0 Å². The van der Waals surface area contributed by atoms with Crippen molar-refractivity contribution in [1.82, 2.24) is 30.0 Å². The molecule has 0 atom stereocenters. The topological polar surface area (TPSA) is 68.5 Å². The molecule has 2 aromatic rings. The Hall–Kier alpha value is -1.82. The van der Waals surface area contributed by atoms with E-state index in [0.717, 1.165) is 17.2 Å². The van der Waals surface area contributed by atoms with Crippen LogP contribution in [0, 0.1) is 0 Å². The van der Waals surface area contributed by atoms with Crippen LogP contribution in [0.5, 0.6) is 0 Å². The fourth-order valence-electron chi connectivity index (χ4n) is 1.53. The fraction of sp³-hybridized carbons (Fsp3) is 0.455. The average molecular weight is 232 g/mol. The lowest BCUT2D eigenvalue weighted by Crippen LogP contribution is -2.14. The molecule has 6 heteroatoms. The van der Waals surface area contributed by atoms with Gasteiger partial charge in [-0.25, -0.2) is 19.6 Å². The lowest BCUT2D eigenvalue weighted by molar-refractivity contribution is 0.707. The summed E-state index contributed by atoms with van der Waals surface area (Å²) >= 11 is 0. The SMILES string of the molecule is CNCc1nc(C(C)C)ncc1-n1cncn1. The standard InChI is InChI=1S/C11H16N6/c1-8(2)11-14-5-10(9(16-11)4-12-3)17-7-13-6-15-17/h5-8,12H,4H2,1-3H3. The molecule has 0 aromatic carbocycles. The molecule has 2 heterocycles. The molecule has 17 heavy (non-hydrogen) atoms. The highest BCUT2D eigenvalue weighted by atomic mass is 15.3. The Morgan fingerprint density at radius 1 is 1.41 bits per heavy atom. The predicted molar refractivity (Wildman–Crippen MR) is 63.8 cm³/mol. The second kappa shape index (κ2) is 5.01. The fourth-order valence-corrected chi connectivity index (χ4v) is 1.53. The van der Waals surface area contributed by atoms with Crippen molar-refractivity contribution in [2.75, 3.05) is 7.05 Å². The molecule has 0 fully saturated rings. The smallest absolute Gasteiger partial charge is 0.138 e. The summed E-state index contributed by atoms with van der Waals surface area (Å²) in [5.74, 6) is 1.16. The molecular formula is C11H16N6. The molecule has 0 saturated heterocycles. The van der Waals surface area contributed by atoms with Gasteiger partial charge in [-0.05, 0) is 7.05 Å². The van der Waals surface area contributed by atoms with Crippen LogP contribution in [0.4, 0.5) is 0 Å². The monoisotopic (exact) mass is 232 g/mol. The summed E-state index contributed by atoms with van der Waals surface area (Å²) in [5, 5.41) is 7.20. The number of aromatic nitrogens is 5. The molecule has 0 unspecified atom stereocenters. The van der Waals surface area contributed by atoms with Crippen molar-refractivity contribution >= 4 is 0 Å². The van der Waals surface area contributed by atoms with Gasteiger partial charge in [0.25, 0.3) is 0 Å². The molecule has 0 saturated carbocycles. The van der Waals surface area contributed by atoms with E-state index in [0.29, 0.717) is 12.5 Å². The minimum absolute atomic E-state index is 0.315. The van der Waals surface area contributed by atoms with Crippen molar-refractivity contribution in [3.8, 4) is 5.69 Å². The molecule has 2 rings (SSSR count). The highest BCUT2D eigenvalue weighted by Gasteiger charge is 2.10. The lowest BCUT2D eigenvalue weighted by atomic mass is 10.2. The summed E-state index contributed by atoms with van der Waals surface area (Å²) in [4.78, 5) is 12.8. The third kappa shape index (κ3) is 2.47. The van der Waals surface area contributed by atoms with Gasteiger partial charge in [-0.1, -0.05) is 13.8 Å². The second-order valence-corrected chi connectivity index (χ2v) is 4.09. The van der Waals surface area contributed by atoms with Crippen LogP contribution >= 0.6 is 0 Å². The third-order valence-corrected chi connectivity index (χ3v) is 2.39. The van der Waals surface area contributed by atoms with Crippen LogP contribution in [0.1, 0.15) is 31.3 Å². The second-order valence-electron chi connectivity index (χ2n) is 4.09. The van der Waals surface area contributed by atoms with E-state index in [4.69, 9.17) is 0 Å². The molecule has 2 aromatic heterocycles. The van der Waals surface area contributed by atoms with E-state index in [1.807, 2.05) is 7.05 Å². The largest absolute Gasteiger partial charge is 0.314 e. The van der Waals surface area contributed by atoms with Crippen LogP contribution in [0.2, 0.25) is 0 Å². The number of rotatable bonds is 4.